The lowest BCUT2D eigenvalue weighted by Crippen LogP contribution is -2.47. The SMILES string of the molecule is CCC1(OC(C)=O)C(=O)OCc2c1cc1n(c2=O)Cc2c-1nc1ccc(NC(=O)OCc3ccccc3)cc1c2N1CCSCC1. The summed E-state index contributed by atoms with van der Waals surface area (Å²) in [4.78, 5) is 59.3. The van der Waals surface area contributed by atoms with E-state index in [0.29, 0.717) is 33.7 Å². The Bertz CT molecular complexity index is 1960. The van der Waals surface area contributed by atoms with Crippen LogP contribution < -0.4 is 15.8 Å². The Morgan fingerprint density at radius 2 is 1.85 bits per heavy atom. The normalized spacial score (nSPS) is 18.3. The summed E-state index contributed by atoms with van der Waals surface area (Å²) >= 11 is 1.89. The van der Waals surface area contributed by atoms with Crippen molar-refractivity contribution in [1.29, 1.82) is 0 Å². The molecule has 46 heavy (non-hydrogen) atoms. The molecule has 5 heterocycles. The van der Waals surface area contributed by atoms with E-state index in [1.165, 1.54) is 6.92 Å². The first-order chi connectivity index (χ1) is 22.3. The summed E-state index contributed by atoms with van der Waals surface area (Å²) in [5.74, 6) is 0.561. The molecule has 4 aromatic rings. The minimum Gasteiger partial charge on any atom is -0.457 e. The highest BCUT2D eigenvalue weighted by molar-refractivity contribution is 7.99. The predicted molar refractivity (Wildman–Crippen MR) is 174 cm³/mol. The third kappa shape index (κ3) is 5.06. The second-order valence-electron chi connectivity index (χ2n) is 11.5. The molecule has 7 rings (SSSR count). The maximum Gasteiger partial charge on any atom is 0.411 e. The van der Waals surface area contributed by atoms with E-state index in [1.54, 1.807) is 23.6 Å². The molecule has 0 bridgehead atoms. The number of rotatable bonds is 6. The van der Waals surface area contributed by atoms with E-state index < -0.39 is 23.6 Å². The Morgan fingerprint density at radius 3 is 2.59 bits per heavy atom. The third-order valence-electron chi connectivity index (χ3n) is 8.73. The van der Waals surface area contributed by atoms with Gasteiger partial charge >= 0.3 is 18.0 Å². The van der Waals surface area contributed by atoms with Crippen molar-refractivity contribution in [3.05, 3.63) is 87.2 Å². The van der Waals surface area contributed by atoms with Crippen LogP contribution in [0.25, 0.3) is 22.3 Å². The van der Waals surface area contributed by atoms with Gasteiger partial charge in [-0.2, -0.15) is 11.8 Å². The zero-order valence-corrected chi connectivity index (χ0v) is 26.3. The lowest BCUT2D eigenvalue weighted by atomic mass is 9.85. The van der Waals surface area contributed by atoms with Gasteiger partial charge in [-0.3, -0.25) is 14.9 Å². The fourth-order valence-electron chi connectivity index (χ4n) is 6.56. The van der Waals surface area contributed by atoms with E-state index in [1.807, 2.05) is 54.2 Å². The third-order valence-corrected chi connectivity index (χ3v) is 9.67. The standard InChI is InChI=1S/C34H32N4O7S/c1-3-34(45-20(2)39)26-16-28-29-24(17-38(28)31(40)25(26)19-43-32(34)41)30(37-11-13-46-14-12-37)23-15-22(9-10-27(23)36-29)35-33(42)44-18-21-7-5-4-6-8-21/h4-10,15-16H,3,11-14,17-19H2,1-2H3,(H,35,42). The van der Waals surface area contributed by atoms with Crippen LogP contribution in [0.15, 0.2) is 59.4 Å². The van der Waals surface area contributed by atoms with Crippen molar-refractivity contribution in [2.45, 2.75) is 45.6 Å². The van der Waals surface area contributed by atoms with E-state index in [4.69, 9.17) is 19.2 Å². The van der Waals surface area contributed by atoms with Crippen LogP contribution in [0.5, 0.6) is 0 Å². The van der Waals surface area contributed by atoms with Crippen LogP contribution in [0.2, 0.25) is 0 Å². The number of hydrogen-bond acceptors (Lipinski definition) is 10. The number of esters is 2. The van der Waals surface area contributed by atoms with Crippen LogP contribution in [0.4, 0.5) is 16.2 Å². The number of cyclic esters (lactones) is 1. The van der Waals surface area contributed by atoms with Crippen molar-refractivity contribution < 1.29 is 28.6 Å². The summed E-state index contributed by atoms with van der Waals surface area (Å²) in [5, 5.41) is 3.69. The number of aromatic nitrogens is 2. The van der Waals surface area contributed by atoms with E-state index in [-0.39, 0.29) is 31.7 Å². The van der Waals surface area contributed by atoms with E-state index in [0.717, 1.165) is 46.8 Å². The summed E-state index contributed by atoms with van der Waals surface area (Å²) in [6.07, 6.45) is -0.457. The highest BCUT2D eigenvalue weighted by atomic mass is 32.2. The van der Waals surface area contributed by atoms with E-state index >= 15 is 0 Å². The van der Waals surface area contributed by atoms with Crippen LogP contribution in [-0.4, -0.2) is 52.2 Å². The molecule has 12 heteroatoms. The number of nitrogens with one attached hydrogen (secondary N) is 1. The topological polar surface area (TPSA) is 129 Å². The molecule has 2 aromatic carbocycles. The smallest absolute Gasteiger partial charge is 0.411 e. The second-order valence-corrected chi connectivity index (χ2v) is 12.7. The average molecular weight is 641 g/mol. The summed E-state index contributed by atoms with van der Waals surface area (Å²) < 4.78 is 18.1. The number of benzene rings is 2. The van der Waals surface area contributed by atoms with Crippen molar-refractivity contribution in [1.82, 2.24) is 9.55 Å². The molecule has 0 saturated carbocycles. The number of hydrogen-bond donors (Lipinski definition) is 1. The Labute approximate surface area is 268 Å². The number of nitrogens with zero attached hydrogens (tertiary/aromatic N) is 3. The minimum atomic E-state index is -1.71. The van der Waals surface area contributed by atoms with Crippen LogP contribution in [0.3, 0.4) is 0 Å². The van der Waals surface area contributed by atoms with Crippen molar-refractivity contribution in [2.75, 3.05) is 34.8 Å². The Kier molecular flexibility index (Phi) is 7.67. The molecule has 1 N–H and O–H groups in total. The summed E-state index contributed by atoms with van der Waals surface area (Å²) in [6.45, 7) is 4.79. The first-order valence-electron chi connectivity index (χ1n) is 15.2. The van der Waals surface area contributed by atoms with Gasteiger partial charge in [-0.1, -0.05) is 37.3 Å². The molecule has 11 nitrogen and oxygen atoms in total. The summed E-state index contributed by atoms with van der Waals surface area (Å²) in [6, 6.07) is 16.7. The molecule has 1 unspecified atom stereocenters. The molecule has 1 atom stereocenters. The maximum atomic E-state index is 14.0. The van der Waals surface area contributed by atoms with Crippen LogP contribution in [0, 0.1) is 0 Å². The Hall–Kier alpha value is -4.84. The Balaban J connectivity index is 1.32. The molecule has 1 saturated heterocycles. The van der Waals surface area contributed by atoms with Gasteiger partial charge < -0.3 is 23.7 Å². The van der Waals surface area contributed by atoms with Gasteiger partial charge in [0.1, 0.15) is 13.2 Å². The van der Waals surface area contributed by atoms with Crippen molar-refractivity contribution in [2.24, 2.45) is 0 Å². The van der Waals surface area contributed by atoms with Gasteiger partial charge in [0, 0.05) is 53.7 Å². The molecule has 1 fully saturated rings. The zero-order chi connectivity index (χ0) is 32.0. The van der Waals surface area contributed by atoms with Gasteiger partial charge in [0.05, 0.1) is 34.7 Å². The monoisotopic (exact) mass is 640 g/mol. The molecular weight excluding hydrogens is 608 g/mol. The molecule has 3 aliphatic rings. The number of amides is 1. The van der Waals surface area contributed by atoms with E-state index in [2.05, 4.69) is 10.2 Å². The van der Waals surface area contributed by atoms with Crippen LogP contribution in [0.1, 0.15) is 42.5 Å². The average Bonchev–Trinajstić information content (AvgIpc) is 3.43. The molecule has 0 radical (unpaired) electrons. The number of anilines is 2. The molecule has 236 valence electrons. The first-order valence-corrected chi connectivity index (χ1v) is 16.4. The quantitative estimate of drug-likeness (QED) is 0.201. The van der Waals surface area contributed by atoms with Gasteiger partial charge in [-0.05, 0) is 36.2 Å². The summed E-state index contributed by atoms with van der Waals surface area (Å²) in [5.41, 5.74) is 3.78. The van der Waals surface area contributed by atoms with Gasteiger partial charge in [-0.25, -0.2) is 14.6 Å². The van der Waals surface area contributed by atoms with E-state index in [9.17, 15) is 19.2 Å². The predicted octanol–water partition coefficient (Wildman–Crippen LogP) is 4.95. The molecule has 1 amide bonds. The number of pyridine rings is 2. The molecule has 3 aliphatic heterocycles. The van der Waals surface area contributed by atoms with Crippen molar-refractivity contribution in [3.63, 3.8) is 0 Å². The van der Waals surface area contributed by atoms with Crippen molar-refractivity contribution in [3.8, 4) is 11.4 Å². The van der Waals surface area contributed by atoms with Gasteiger partial charge in [0.25, 0.3) is 5.56 Å². The molecular formula is C34H32N4O7S. The van der Waals surface area contributed by atoms with Crippen LogP contribution in [-0.2, 0) is 49.2 Å². The van der Waals surface area contributed by atoms with Crippen LogP contribution >= 0.6 is 11.8 Å². The largest absolute Gasteiger partial charge is 0.457 e. The van der Waals surface area contributed by atoms with Gasteiger partial charge in [-0.15, -0.1) is 0 Å². The minimum absolute atomic E-state index is 0.111. The maximum absolute atomic E-state index is 14.0. The number of thioether (sulfide) groups is 1. The molecule has 0 aliphatic carbocycles. The fourth-order valence-corrected chi connectivity index (χ4v) is 7.47. The highest BCUT2D eigenvalue weighted by Gasteiger charge is 2.50. The lowest BCUT2D eigenvalue weighted by Gasteiger charge is -2.35. The summed E-state index contributed by atoms with van der Waals surface area (Å²) in [7, 11) is 0. The number of carbonyl (C=O) groups is 3. The fraction of sp³-hybridized carbons (Fsp3) is 0.324. The highest BCUT2D eigenvalue weighted by Crippen LogP contribution is 2.45. The first kappa shape index (κ1) is 29.8. The molecule has 2 aromatic heterocycles. The van der Waals surface area contributed by atoms with Gasteiger partial charge in [0.2, 0.25) is 5.60 Å². The number of fused-ring (bicyclic) bond motifs is 5. The van der Waals surface area contributed by atoms with Crippen molar-refractivity contribution >= 4 is 52.1 Å². The number of ether oxygens (including phenoxy) is 3. The van der Waals surface area contributed by atoms with Gasteiger partial charge in [0.15, 0.2) is 0 Å². The zero-order valence-electron chi connectivity index (χ0n) is 25.5. The number of carbonyl (C=O) groups excluding carboxylic acids is 3. The second kappa shape index (κ2) is 11.8. The lowest BCUT2D eigenvalue weighted by molar-refractivity contribution is -0.188. The molecule has 0 spiro atoms. The Morgan fingerprint density at radius 1 is 1.07 bits per heavy atom.